The van der Waals surface area contributed by atoms with Gasteiger partial charge in [0.2, 0.25) is 0 Å². The molecule has 0 unspecified atom stereocenters. The molecule has 36 heavy (non-hydrogen) atoms. The molecule has 0 aliphatic carbocycles. The van der Waals surface area contributed by atoms with E-state index in [9.17, 15) is 14.7 Å². The number of aromatic amines is 1. The molecular weight excluding hydrogens is 460 g/mol. The lowest BCUT2D eigenvalue weighted by atomic mass is 9.95. The number of nitrogens with zero attached hydrogens (tertiary/aromatic N) is 3. The van der Waals surface area contributed by atoms with Gasteiger partial charge in [-0.3, -0.25) is 4.68 Å². The molecule has 0 atom stereocenters. The molecule has 2 heterocycles. The Balaban J connectivity index is 1.48. The van der Waals surface area contributed by atoms with Crippen LogP contribution in [0.5, 0.6) is 5.75 Å². The highest BCUT2D eigenvalue weighted by Gasteiger charge is 2.19. The van der Waals surface area contributed by atoms with Crippen molar-refractivity contribution in [3.05, 3.63) is 91.6 Å². The maximum atomic E-state index is 11.6. The van der Waals surface area contributed by atoms with E-state index in [0.29, 0.717) is 25.3 Å². The van der Waals surface area contributed by atoms with Gasteiger partial charge in [-0.15, -0.1) is 4.74 Å². The zero-order valence-electron chi connectivity index (χ0n) is 21.3. The predicted octanol–water partition coefficient (Wildman–Crippen LogP) is 3.71. The zero-order chi connectivity index (χ0) is 26.0. The molecule has 2 N–H and O–H groups in total. The van der Waals surface area contributed by atoms with E-state index in [4.69, 9.17) is 14.4 Å². The first kappa shape index (κ1) is 25.2. The third-order valence-electron chi connectivity index (χ3n) is 6.30. The van der Waals surface area contributed by atoms with Crippen LogP contribution in [0.15, 0.2) is 56.6 Å². The highest BCUT2D eigenvalue weighted by Crippen LogP contribution is 2.32. The summed E-state index contributed by atoms with van der Waals surface area (Å²) in [7, 11) is 0. The van der Waals surface area contributed by atoms with Gasteiger partial charge in [0.25, 0.3) is 0 Å². The lowest BCUT2D eigenvalue weighted by Gasteiger charge is -2.17. The van der Waals surface area contributed by atoms with Crippen LogP contribution in [-0.2, 0) is 19.7 Å². The maximum Gasteiger partial charge on any atom is 0.440 e. The maximum absolute atomic E-state index is 11.6. The van der Waals surface area contributed by atoms with Gasteiger partial charge in [-0.2, -0.15) is 5.10 Å². The zero-order valence-corrected chi connectivity index (χ0v) is 21.3. The molecule has 0 amide bonds. The second-order valence-electron chi connectivity index (χ2n) is 9.70. The van der Waals surface area contributed by atoms with Crippen LogP contribution in [0.3, 0.4) is 0 Å². The fraction of sp³-hybridized carbons (Fsp3) is 0.370. The van der Waals surface area contributed by atoms with Crippen LogP contribution in [0, 0.1) is 20.8 Å². The molecule has 0 bridgehead atoms. The lowest BCUT2D eigenvalue weighted by molar-refractivity contribution is 0.0649. The number of hydrogen-bond donors (Lipinski definition) is 2. The molecule has 2 aromatic carbocycles. The highest BCUT2D eigenvalue weighted by atomic mass is 16.5. The molecule has 9 nitrogen and oxygen atoms in total. The van der Waals surface area contributed by atoms with Gasteiger partial charge < -0.3 is 14.4 Å². The van der Waals surface area contributed by atoms with Crippen LogP contribution < -0.4 is 16.2 Å². The smallest absolute Gasteiger partial charge is 0.440 e. The number of aryl methyl sites for hydroxylation is 2. The number of H-pyrrole nitrogens is 1. The molecule has 0 radical (unpaired) electrons. The van der Waals surface area contributed by atoms with Gasteiger partial charge in [-0.05, 0) is 75.4 Å². The van der Waals surface area contributed by atoms with Crippen molar-refractivity contribution in [2.45, 2.75) is 66.3 Å². The Kier molecular flexibility index (Phi) is 7.03. The van der Waals surface area contributed by atoms with Crippen molar-refractivity contribution in [1.29, 1.82) is 0 Å². The van der Waals surface area contributed by atoms with Crippen molar-refractivity contribution >= 4 is 0 Å². The van der Waals surface area contributed by atoms with E-state index < -0.39 is 17.0 Å². The van der Waals surface area contributed by atoms with Gasteiger partial charge in [0.15, 0.2) is 0 Å². The van der Waals surface area contributed by atoms with E-state index in [0.717, 1.165) is 43.9 Å². The average molecular weight is 493 g/mol. The average Bonchev–Trinajstić information content (AvgIpc) is 3.28. The van der Waals surface area contributed by atoms with Gasteiger partial charge in [-0.1, -0.05) is 30.3 Å². The molecule has 9 heteroatoms. The molecule has 0 fully saturated rings. The number of rotatable bonds is 9. The Morgan fingerprint density at radius 3 is 2.44 bits per heavy atom. The van der Waals surface area contributed by atoms with Crippen LogP contribution in [0.1, 0.15) is 48.3 Å². The van der Waals surface area contributed by atoms with E-state index in [1.165, 1.54) is 0 Å². The van der Waals surface area contributed by atoms with Gasteiger partial charge in [0.05, 0.1) is 17.8 Å². The lowest BCUT2D eigenvalue weighted by Crippen LogP contribution is -2.21. The Labute approximate surface area is 208 Å². The van der Waals surface area contributed by atoms with Crippen LogP contribution in [-0.4, -0.2) is 30.2 Å². The fourth-order valence-electron chi connectivity index (χ4n) is 4.23. The van der Waals surface area contributed by atoms with Crippen molar-refractivity contribution in [3.8, 4) is 16.9 Å². The van der Waals surface area contributed by atoms with E-state index in [-0.39, 0.29) is 6.54 Å². The number of hydrogen-bond acceptors (Lipinski definition) is 6. The summed E-state index contributed by atoms with van der Waals surface area (Å²) in [5, 5.41) is 14.8. The molecule has 4 aromatic rings. The number of aromatic nitrogens is 4. The van der Waals surface area contributed by atoms with E-state index in [1.54, 1.807) is 0 Å². The molecule has 0 saturated carbocycles. The topological polar surface area (TPSA) is 115 Å². The Morgan fingerprint density at radius 2 is 1.81 bits per heavy atom. The first-order valence-corrected chi connectivity index (χ1v) is 11.9. The summed E-state index contributed by atoms with van der Waals surface area (Å²) in [5.41, 5.74) is 5.94. The van der Waals surface area contributed by atoms with E-state index >= 15 is 0 Å². The van der Waals surface area contributed by atoms with Crippen LogP contribution in [0.4, 0.5) is 0 Å². The molecular formula is C27H32N4O5. The van der Waals surface area contributed by atoms with Gasteiger partial charge in [-0.25, -0.2) is 14.6 Å². The van der Waals surface area contributed by atoms with Crippen LogP contribution >= 0.6 is 0 Å². The van der Waals surface area contributed by atoms with Gasteiger partial charge in [0.1, 0.15) is 12.4 Å². The third kappa shape index (κ3) is 5.68. The summed E-state index contributed by atoms with van der Waals surface area (Å²) in [6, 6.07) is 13.5. The highest BCUT2D eigenvalue weighted by molar-refractivity contribution is 5.72. The van der Waals surface area contributed by atoms with Gasteiger partial charge in [0, 0.05) is 17.8 Å². The monoisotopic (exact) mass is 492 g/mol. The SMILES string of the molecule is Cc1nn(CCC(C)(C)O)c(C)c1-c1cccc(COc2ccc(Cn3oc(=O)[nH]c3=O)cc2)c1C. The summed E-state index contributed by atoms with van der Waals surface area (Å²) in [5.74, 6) is -0.0809. The number of aliphatic hydroxyl groups is 1. The normalized spacial score (nSPS) is 11.7. The van der Waals surface area contributed by atoms with Crippen molar-refractivity contribution < 1.29 is 14.4 Å². The molecule has 190 valence electrons. The second kappa shape index (κ2) is 10.0. The van der Waals surface area contributed by atoms with E-state index in [2.05, 4.69) is 31.0 Å². The summed E-state index contributed by atoms with van der Waals surface area (Å²) >= 11 is 0. The quantitative estimate of drug-likeness (QED) is 0.368. The summed E-state index contributed by atoms with van der Waals surface area (Å²) < 4.78 is 13.8. The summed E-state index contributed by atoms with van der Waals surface area (Å²) in [4.78, 5) is 24.8. The Morgan fingerprint density at radius 1 is 1.08 bits per heavy atom. The largest absolute Gasteiger partial charge is 0.489 e. The van der Waals surface area contributed by atoms with Crippen molar-refractivity contribution in [1.82, 2.24) is 19.5 Å². The number of ether oxygens (including phenoxy) is 1. The summed E-state index contributed by atoms with van der Waals surface area (Å²) in [6.45, 7) is 11.0. The molecule has 2 aromatic heterocycles. The third-order valence-corrected chi connectivity index (χ3v) is 6.30. The first-order chi connectivity index (χ1) is 17.0. The van der Waals surface area contributed by atoms with Gasteiger partial charge >= 0.3 is 11.4 Å². The molecule has 4 rings (SSSR count). The minimum atomic E-state index is -0.774. The van der Waals surface area contributed by atoms with Crippen molar-refractivity contribution in [2.75, 3.05) is 0 Å². The first-order valence-electron chi connectivity index (χ1n) is 11.9. The number of benzene rings is 2. The Hall–Kier alpha value is -3.85. The summed E-state index contributed by atoms with van der Waals surface area (Å²) in [6.07, 6.45) is 0.621. The minimum Gasteiger partial charge on any atom is -0.489 e. The number of nitrogens with one attached hydrogen (secondary N) is 1. The second-order valence-corrected chi connectivity index (χ2v) is 9.70. The molecule has 0 saturated heterocycles. The minimum absolute atomic E-state index is 0.154. The van der Waals surface area contributed by atoms with E-state index in [1.807, 2.05) is 55.8 Å². The Bertz CT molecular complexity index is 1470. The van der Waals surface area contributed by atoms with Crippen molar-refractivity contribution in [2.24, 2.45) is 0 Å². The molecule has 0 spiro atoms. The predicted molar refractivity (Wildman–Crippen MR) is 136 cm³/mol. The van der Waals surface area contributed by atoms with Crippen molar-refractivity contribution in [3.63, 3.8) is 0 Å². The standard InChI is InChI=1S/C27H32N4O5/c1-17-21(16-35-22-11-9-20(10-12-22)15-31-25(32)28-26(33)36-31)7-6-8-23(17)24-18(2)29-30(19(24)3)14-13-27(4,5)34/h6-12,34H,13-16H2,1-5H3,(H,28,32,33). The van der Waals surface area contributed by atoms with Crippen LogP contribution in [0.25, 0.3) is 11.1 Å². The van der Waals surface area contributed by atoms with Crippen LogP contribution in [0.2, 0.25) is 0 Å². The molecule has 0 aliphatic heterocycles. The fourth-order valence-corrected chi connectivity index (χ4v) is 4.23. The molecule has 0 aliphatic rings.